The van der Waals surface area contributed by atoms with Gasteiger partial charge in [-0.05, 0) is 6.92 Å². The van der Waals surface area contributed by atoms with Crippen LogP contribution in [0.1, 0.15) is 6.92 Å². The molecule has 0 spiro atoms. The minimum Gasteiger partial charge on any atom is -0.489 e. The third-order valence-corrected chi connectivity index (χ3v) is 1.64. The van der Waals surface area contributed by atoms with Crippen LogP contribution in [0.3, 0.4) is 0 Å². The Bertz CT molecular complexity index is 371. The first kappa shape index (κ1) is 10.3. The molecule has 5 nitrogen and oxygen atoms in total. The number of allylic oxidation sites excluding steroid dienone is 1. The van der Waals surface area contributed by atoms with Crippen molar-refractivity contribution in [3.63, 3.8) is 0 Å². The number of methoxy groups -OCH3 is 1. The Kier molecular flexibility index (Phi) is 3.72. The minimum absolute atomic E-state index is 0.206. The quantitative estimate of drug-likeness (QED) is 0.696. The highest BCUT2D eigenvalue weighted by Gasteiger charge is 2.06. The van der Waals surface area contributed by atoms with E-state index in [0.29, 0.717) is 12.4 Å². The lowest BCUT2D eigenvalue weighted by Crippen LogP contribution is -2.14. The Morgan fingerprint density at radius 2 is 2.50 bits per heavy atom. The molecule has 1 heterocycles. The second-order valence-corrected chi connectivity index (χ2v) is 2.56. The van der Waals surface area contributed by atoms with Gasteiger partial charge in [-0.25, -0.2) is 4.98 Å². The molecule has 0 saturated heterocycles. The normalized spacial score (nSPS) is 10.4. The van der Waals surface area contributed by atoms with Crippen LogP contribution >= 0.6 is 0 Å². The molecule has 5 heteroatoms. The van der Waals surface area contributed by atoms with Gasteiger partial charge < -0.3 is 15.0 Å². The zero-order valence-electron chi connectivity index (χ0n) is 8.20. The Hall–Kier alpha value is -1.78. The van der Waals surface area contributed by atoms with Crippen LogP contribution in [0.5, 0.6) is 5.75 Å². The van der Waals surface area contributed by atoms with Crippen molar-refractivity contribution in [2.45, 2.75) is 6.92 Å². The topological polar surface area (TPSA) is 67.0 Å². The SMILES string of the molecule is C/C=C/CNc1nc[nH]c(=O)c1OC. The van der Waals surface area contributed by atoms with Crippen molar-refractivity contribution in [1.29, 1.82) is 0 Å². The van der Waals surface area contributed by atoms with Gasteiger partial charge in [0.1, 0.15) is 0 Å². The first-order valence-corrected chi connectivity index (χ1v) is 4.26. The third kappa shape index (κ3) is 2.35. The highest BCUT2D eigenvalue weighted by atomic mass is 16.5. The van der Waals surface area contributed by atoms with Gasteiger partial charge in [0.25, 0.3) is 5.56 Å². The van der Waals surface area contributed by atoms with Crippen molar-refractivity contribution in [2.24, 2.45) is 0 Å². The monoisotopic (exact) mass is 195 g/mol. The van der Waals surface area contributed by atoms with E-state index in [0.717, 1.165) is 0 Å². The van der Waals surface area contributed by atoms with E-state index in [2.05, 4.69) is 15.3 Å². The van der Waals surface area contributed by atoms with Gasteiger partial charge >= 0.3 is 0 Å². The summed E-state index contributed by atoms with van der Waals surface area (Å²) >= 11 is 0. The Morgan fingerprint density at radius 1 is 1.71 bits per heavy atom. The van der Waals surface area contributed by atoms with E-state index >= 15 is 0 Å². The number of hydrogen-bond donors (Lipinski definition) is 2. The van der Waals surface area contributed by atoms with Crippen molar-refractivity contribution < 1.29 is 4.74 Å². The predicted octanol–water partition coefficient (Wildman–Crippen LogP) is 0.766. The molecule has 0 amide bonds. The van der Waals surface area contributed by atoms with Crippen LogP contribution in [-0.2, 0) is 0 Å². The average Bonchev–Trinajstić information content (AvgIpc) is 2.18. The Morgan fingerprint density at radius 3 is 3.14 bits per heavy atom. The van der Waals surface area contributed by atoms with E-state index in [1.54, 1.807) is 0 Å². The van der Waals surface area contributed by atoms with Crippen LogP contribution in [0.15, 0.2) is 23.3 Å². The van der Waals surface area contributed by atoms with Gasteiger partial charge in [0, 0.05) is 6.54 Å². The molecule has 0 radical (unpaired) electrons. The molecule has 0 aliphatic carbocycles. The maximum absolute atomic E-state index is 11.2. The average molecular weight is 195 g/mol. The van der Waals surface area contributed by atoms with Crippen molar-refractivity contribution >= 4 is 5.82 Å². The van der Waals surface area contributed by atoms with E-state index in [9.17, 15) is 4.79 Å². The van der Waals surface area contributed by atoms with Gasteiger partial charge in [0.15, 0.2) is 5.82 Å². The molecule has 76 valence electrons. The van der Waals surface area contributed by atoms with Gasteiger partial charge in [-0.15, -0.1) is 0 Å². The van der Waals surface area contributed by atoms with E-state index in [4.69, 9.17) is 4.74 Å². The summed E-state index contributed by atoms with van der Waals surface area (Å²) in [4.78, 5) is 17.6. The summed E-state index contributed by atoms with van der Waals surface area (Å²) in [6.45, 7) is 2.54. The fourth-order valence-electron chi connectivity index (χ4n) is 0.976. The number of anilines is 1. The highest BCUT2D eigenvalue weighted by Crippen LogP contribution is 2.13. The molecule has 0 aliphatic rings. The number of ether oxygens (including phenoxy) is 1. The molecule has 0 aromatic carbocycles. The van der Waals surface area contributed by atoms with Crippen molar-refractivity contribution in [3.8, 4) is 5.75 Å². The number of nitrogens with one attached hydrogen (secondary N) is 2. The maximum Gasteiger partial charge on any atom is 0.295 e. The number of nitrogens with zero attached hydrogens (tertiary/aromatic N) is 1. The van der Waals surface area contributed by atoms with Crippen LogP contribution in [0.4, 0.5) is 5.82 Å². The fraction of sp³-hybridized carbons (Fsp3) is 0.333. The zero-order valence-corrected chi connectivity index (χ0v) is 8.20. The molecule has 1 aromatic heterocycles. The number of aromatic amines is 1. The molecule has 0 atom stereocenters. The second-order valence-electron chi connectivity index (χ2n) is 2.56. The van der Waals surface area contributed by atoms with Gasteiger partial charge in [-0.2, -0.15) is 0 Å². The Balaban J connectivity index is 2.85. The molecule has 0 saturated carbocycles. The summed E-state index contributed by atoms with van der Waals surface area (Å²) < 4.78 is 4.91. The summed E-state index contributed by atoms with van der Waals surface area (Å²) in [5.41, 5.74) is -0.287. The van der Waals surface area contributed by atoms with E-state index < -0.39 is 0 Å². The third-order valence-electron chi connectivity index (χ3n) is 1.64. The van der Waals surface area contributed by atoms with Gasteiger partial charge in [0.05, 0.1) is 13.4 Å². The summed E-state index contributed by atoms with van der Waals surface area (Å²) in [5, 5.41) is 2.96. The smallest absolute Gasteiger partial charge is 0.295 e. The number of H-pyrrole nitrogens is 1. The van der Waals surface area contributed by atoms with Crippen molar-refractivity contribution in [3.05, 3.63) is 28.8 Å². The molecule has 2 N–H and O–H groups in total. The molecule has 0 fully saturated rings. The first-order chi connectivity index (χ1) is 6.79. The molecule has 1 rings (SSSR count). The van der Waals surface area contributed by atoms with Crippen LogP contribution < -0.4 is 15.6 Å². The summed E-state index contributed by atoms with van der Waals surface area (Å²) in [6.07, 6.45) is 5.16. The van der Waals surface area contributed by atoms with Crippen LogP contribution in [0, 0.1) is 0 Å². The molecule has 1 aromatic rings. The lowest BCUT2D eigenvalue weighted by molar-refractivity contribution is 0.408. The maximum atomic E-state index is 11.2. The van der Waals surface area contributed by atoms with Crippen LogP contribution in [0.2, 0.25) is 0 Å². The highest BCUT2D eigenvalue weighted by molar-refractivity contribution is 5.48. The minimum atomic E-state index is -0.287. The lowest BCUT2D eigenvalue weighted by atomic mass is 10.4. The molecule has 0 unspecified atom stereocenters. The summed E-state index contributed by atoms with van der Waals surface area (Å²) in [6, 6.07) is 0. The molecule has 0 aliphatic heterocycles. The van der Waals surface area contributed by atoms with Gasteiger partial charge in [0.2, 0.25) is 5.75 Å². The van der Waals surface area contributed by atoms with Gasteiger partial charge in [-0.3, -0.25) is 4.79 Å². The van der Waals surface area contributed by atoms with Crippen LogP contribution in [-0.4, -0.2) is 23.6 Å². The number of hydrogen-bond acceptors (Lipinski definition) is 4. The zero-order chi connectivity index (χ0) is 10.4. The molecular weight excluding hydrogens is 182 g/mol. The van der Waals surface area contributed by atoms with E-state index in [1.165, 1.54) is 13.4 Å². The second kappa shape index (κ2) is 5.06. The van der Waals surface area contributed by atoms with E-state index in [1.807, 2.05) is 19.1 Å². The molecular formula is C9H13N3O2. The first-order valence-electron chi connectivity index (χ1n) is 4.26. The molecule has 0 bridgehead atoms. The molecule has 14 heavy (non-hydrogen) atoms. The summed E-state index contributed by atoms with van der Waals surface area (Å²) in [5.74, 6) is 0.659. The Labute approximate surface area is 81.8 Å². The largest absolute Gasteiger partial charge is 0.489 e. The van der Waals surface area contributed by atoms with Crippen molar-refractivity contribution in [1.82, 2.24) is 9.97 Å². The predicted molar refractivity (Wildman–Crippen MR) is 54.7 cm³/mol. The standard InChI is InChI=1S/C9H13N3O2/c1-3-4-5-10-8-7(14-2)9(13)12-6-11-8/h3-4,6H,5H2,1-2H3,(H2,10,11,12,13)/b4-3+. The number of rotatable bonds is 4. The lowest BCUT2D eigenvalue weighted by Gasteiger charge is -2.06. The fourth-order valence-corrected chi connectivity index (χ4v) is 0.976. The van der Waals surface area contributed by atoms with Crippen molar-refractivity contribution in [2.75, 3.05) is 19.0 Å². The summed E-state index contributed by atoms with van der Waals surface area (Å²) in [7, 11) is 1.44. The number of aromatic nitrogens is 2. The van der Waals surface area contributed by atoms with E-state index in [-0.39, 0.29) is 11.3 Å². The van der Waals surface area contributed by atoms with Gasteiger partial charge in [-0.1, -0.05) is 12.2 Å². The van der Waals surface area contributed by atoms with Crippen LogP contribution in [0.25, 0.3) is 0 Å².